The smallest absolute Gasteiger partial charge is 0.407 e. The molecule has 0 aromatic heterocycles. The van der Waals surface area contributed by atoms with Gasteiger partial charge < -0.3 is 10.1 Å². The molecule has 134 valence electrons. The number of hydrogen-bond acceptors (Lipinski definition) is 4. The number of alkyl carbamates (subject to hydrolysis) is 1. The van der Waals surface area contributed by atoms with Crippen LogP contribution in [-0.4, -0.2) is 34.7 Å². The fourth-order valence-electron chi connectivity index (χ4n) is 4.07. The molecule has 0 spiro atoms. The Labute approximate surface area is 150 Å². The van der Waals surface area contributed by atoms with Gasteiger partial charge in [-0.3, -0.25) is 4.90 Å². The van der Waals surface area contributed by atoms with E-state index >= 15 is 0 Å². The maximum Gasteiger partial charge on any atom is 0.407 e. The lowest BCUT2D eigenvalue weighted by Gasteiger charge is -2.39. The summed E-state index contributed by atoms with van der Waals surface area (Å²) < 4.78 is 5.39. The molecular weight excluding hydrogens is 314 g/mol. The van der Waals surface area contributed by atoms with E-state index in [0.717, 1.165) is 19.4 Å². The third-order valence-electron chi connectivity index (χ3n) is 5.03. The van der Waals surface area contributed by atoms with Gasteiger partial charge in [-0.1, -0.05) is 12.1 Å². The van der Waals surface area contributed by atoms with Gasteiger partial charge in [-0.15, -0.1) is 0 Å². The molecule has 2 bridgehead atoms. The van der Waals surface area contributed by atoms with E-state index in [-0.39, 0.29) is 12.1 Å². The van der Waals surface area contributed by atoms with E-state index in [1.165, 1.54) is 18.4 Å². The molecule has 2 aliphatic heterocycles. The molecule has 5 nitrogen and oxygen atoms in total. The number of nitriles is 1. The van der Waals surface area contributed by atoms with E-state index < -0.39 is 5.60 Å². The SMILES string of the molecule is CC(C)(C)OC(=O)N[C@H]1C[C@H]2CC[C@@H](C1)N2Cc1cccc(C#N)c1. The van der Waals surface area contributed by atoms with E-state index in [2.05, 4.69) is 22.4 Å². The Morgan fingerprint density at radius 2 is 2.00 bits per heavy atom. The second kappa shape index (κ2) is 7.05. The van der Waals surface area contributed by atoms with Crippen molar-refractivity contribution in [3.63, 3.8) is 0 Å². The highest BCUT2D eigenvalue weighted by molar-refractivity contribution is 5.68. The molecule has 5 heteroatoms. The molecule has 3 rings (SSSR count). The van der Waals surface area contributed by atoms with E-state index in [1.807, 2.05) is 39.0 Å². The topological polar surface area (TPSA) is 65.4 Å². The Hall–Kier alpha value is -2.06. The molecule has 25 heavy (non-hydrogen) atoms. The van der Waals surface area contributed by atoms with Crippen LogP contribution in [0.15, 0.2) is 24.3 Å². The predicted octanol–water partition coefficient (Wildman–Crippen LogP) is 3.58. The number of carbonyl (C=O) groups excluding carboxylic acids is 1. The standard InChI is InChI=1S/C20H27N3O2/c1-20(2,3)25-19(24)22-16-10-17-7-8-18(11-16)23(17)13-15-6-4-5-14(9-15)12-21/h4-6,9,16-18H,7-8,10-11,13H2,1-3H3,(H,22,24)/t16-,17+,18-. The van der Waals surface area contributed by atoms with Crippen LogP contribution in [0, 0.1) is 11.3 Å². The lowest BCUT2D eigenvalue weighted by Crippen LogP contribution is -2.50. The molecule has 0 saturated carbocycles. The number of benzene rings is 1. The first-order valence-corrected chi connectivity index (χ1v) is 9.08. The molecule has 3 atom stereocenters. The van der Waals surface area contributed by atoms with E-state index in [1.54, 1.807) is 0 Å². The Balaban J connectivity index is 1.59. The van der Waals surface area contributed by atoms with Gasteiger partial charge >= 0.3 is 6.09 Å². The average molecular weight is 341 g/mol. The van der Waals surface area contributed by atoms with Crippen LogP contribution in [0.5, 0.6) is 0 Å². The summed E-state index contributed by atoms with van der Waals surface area (Å²) in [6.07, 6.45) is 3.97. The minimum absolute atomic E-state index is 0.189. The van der Waals surface area contributed by atoms with E-state index in [4.69, 9.17) is 10.00 Å². The van der Waals surface area contributed by atoms with Crippen LogP contribution in [0.1, 0.15) is 57.6 Å². The Morgan fingerprint density at radius 3 is 2.60 bits per heavy atom. The fourth-order valence-corrected chi connectivity index (χ4v) is 4.07. The highest BCUT2D eigenvalue weighted by atomic mass is 16.6. The van der Waals surface area contributed by atoms with Crippen molar-refractivity contribution in [3.8, 4) is 6.07 Å². The van der Waals surface area contributed by atoms with Crippen molar-refractivity contribution >= 4 is 6.09 Å². The van der Waals surface area contributed by atoms with Crippen molar-refractivity contribution in [3.05, 3.63) is 35.4 Å². The number of nitrogens with zero attached hydrogens (tertiary/aromatic N) is 2. The number of carbonyl (C=O) groups is 1. The third kappa shape index (κ3) is 4.52. The first-order valence-electron chi connectivity index (χ1n) is 9.08. The second-order valence-electron chi connectivity index (χ2n) is 8.18. The summed E-state index contributed by atoms with van der Waals surface area (Å²) in [5, 5.41) is 12.1. The van der Waals surface area contributed by atoms with E-state index in [0.29, 0.717) is 17.6 Å². The normalized spacial score (nSPS) is 26.1. The fraction of sp³-hybridized carbons (Fsp3) is 0.600. The highest BCUT2D eigenvalue weighted by Crippen LogP contribution is 2.37. The molecule has 1 amide bonds. The molecule has 0 aliphatic carbocycles. The quantitative estimate of drug-likeness (QED) is 0.912. The first-order chi connectivity index (χ1) is 11.8. The number of fused-ring (bicyclic) bond motifs is 2. The minimum Gasteiger partial charge on any atom is -0.444 e. The zero-order valence-electron chi connectivity index (χ0n) is 15.3. The minimum atomic E-state index is -0.463. The lowest BCUT2D eigenvalue weighted by molar-refractivity contribution is 0.0436. The summed E-state index contributed by atoms with van der Waals surface area (Å²) in [5.41, 5.74) is 1.44. The number of hydrogen-bond donors (Lipinski definition) is 1. The van der Waals surface area contributed by atoms with E-state index in [9.17, 15) is 4.79 Å². The van der Waals surface area contributed by atoms with Crippen molar-refractivity contribution in [2.45, 2.75) is 76.7 Å². The molecule has 1 aromatic carbocycles. The second-order valence-corrected chi connectivity index (χ2v) is 8.18. The molecule has 2 heterocycles. The Bertz CT molecular complexity index is 660. The largest absolute Gasteiger partial charge is 0.444 e. The number of nitrogens with one attached hydrogen (secondary N) is 1. The van der Waals surface area contributed by atoms with Gasteiger partial charge in [0.15, 0.2) is 0 Å². The van der Waals surface area contributed by atoms with Crippen LogP contribution >= 0.6 is 0 Å². The predicted molar refractivity (Wildman–Crippen MR) is 95.9 cm³/mol. The van der Waals surface area contributed by atoms with Gasteiger partial charge in [-0.25, -0.2) is 4.79 Å². The van der Waals surface area contributed by atoms with Crippen LogP contribution in [0.2, 0.25) is 0 Å². The summed E-state index contributed by atoms with van der Waals surface area (Å²) in [5.74, 6) is 0. The van der Waals surface area contributed by atoms with Crippen molar-refractivity contribution < 1.29 is 9.53 Å². The summed E-state index contributed by atoms with van der Waals surface area (Å²) >= 11 is 0. The summed E-state index contributed by atoms with van der Waals surface area (Å²) in [4.78, 5) is 14.6. The number of amides is 1. The molecular formula is C20H27N3O2. The number of ether oxygens (including phenoxy) is 1. The zero-order valence-corrected chi connectivity index (χ0v) is 15.3. The van der Waals surface area contributed by atoms with Gasteiger partial charge in [0.25, 0.3) is 0 Å². The van der Waals surface area contributed by atoms with Gasteiger partial charge in [0.2, 0.25) is 0 Å². The molecule has 2 fully saturated rings. The highest BCUT2D eigenvalue weighted by Gasteiger charge is 2.41. The maximum atomic E-state index is 12.0. The van der Waals surface area contributed by atoms with Gasteiger partial charge in [0, 0.05) is 24.7 Å². The summed E-state index contributed by atoms with van der Waals surface area (Å²) in [6.45, 7) is 6.53. The zero-order chi connectivity index (χ0) is 18.0. The molecule has 1 N–H and O–H groups in total. The maximum absolute atomic E-state index is 12.0. The van der Waals surface area contributed by atoms with Gasteiger partial charge in [-0.05, 0) is 64.2 Å². The monoisotopic (exact) mass is 341 g/mol. The van der Waals surface area contributed by atoms with Crippen LogP contribution in [0.3, 0.4) is 0 Å². The van der Waals surface area contributed by atoms with Crippen LogP contribution in [0.25, 0.3) is 0 Å². The number of piperidine rings is 1. The van der Waals surface area contributed by atoms with Crippen molar-refractivity contribution in [2.75, 3.05) is 0 Å². The van der Waals surface area contributed by atoms with Crippen molar-refractivity contribution in [2.24, 2.45) is 0 Å². The first kappa shape index (κ1) is 17.8. The van der Waals surface area contributed by atoms with Crippen molar-refractivity contribution in [1.29, 1.82) is 5.26 Å². The molecule has 2 aliphatic rings. The summed E-state index contributed by atoms with van der Waals surface area (Å²) in [6, 6.07) is 11.2. The summed E-state index contributed by atoms with van der Waals surface area (Å²) in [7, 11) is 0. The van der Waals surface area contributed by atoms with Gasteiger partial charge in [-0.2, -0.15) is 5.26 Å². The lowest BCUT2D eigenvalue weighted by atomic mass is 9.96. The average Bonchev–Trinajstić information content (AvgIpc) is 2.76. The molecule has 2 saturated heterocycles. The van der Waals surface area contributed by atoms with Gasteiger partial charge in [0.1, 0.15) is 5.60 Å². The van der Waals surface area contributed by atoms with Crippen LogP contribution in [0.4, 0.5) is 4.79 Å². The van der Waals surface area contributed by atoms with Crippen LogP contribution < -0.4 is 5.32 Å². The van der Waals surface area contributed by atoms with Crippen molar-refractivity contribution in [1.82, 2.24) is 10.2 Å². The Morgan fingerprint density at radius 1 is 1.32 bits per heavy atom. The molecule has 1 aromatic rings. The Kier molecular flexibility index (Phi) is 5.01. The molecule has 0 unspecified atom stereocenters. The van der Waals surface area contributed by atoms with Crippen LogP contribution in [-0.2, 0) is 11.3 Å². The third-order valence-corrected chi connectivity index (χ3v) is 5.03. The number of rotatable bonds is 3. The molecule has 0 radical (unpaired) electrons. The van der Waals surface area contributed by atoms with Gasteiger partial charge in [0.05, 0.1) is 11.6 Å².